The van der Waals surface area contributed by atoms with Gasteiger partial charge in [-0.05, 0) is 96.1 Å². The molecule has 0 saturated heterocycles. The van der Waals surface area contributed by atoms with Crippen molar-refractivity contribution in [1.82, 2.24) is 0 Å². The second-order valence-corrected chi connectivity index (χ2v) is 8.31. The van der Waals surface area contributed by atoms with E-state index in [4.69, 9.17) is 9.47 Å². The minimum absolute atomic E-state index is 0.0966. The van der Waals surface area contributed by atoms with Gasteiger partial charge in [-0.1, -0.05) is 17.2 Å². The molecule has 2 aliphatic carbocycles. The Labute approximate surface area is 158 Å². The number of ether oxygens (including phenoxy) is 2. The zero-order valence-electron chi connectivity index (χ0n) is 16.6. The molecule has 1 aromatic carbocycles. The Kier molecular flexibility index (Phi) is 6.74. The van der Waals surface area contributed by atoms with Crippen molar-refractivity contribution in [3.8, 4) is 0 Å². The first-order valence-corrected chi connectivity index (χ1v) is 10.5. The lowest BCUT2D eigenvalue weighted by Gasteiger charge is -2.37. The van der Waals surface area contributed by atoms with Gasteiger partial charge >= 0.3 is 5.97 Å². The molecule has 2 fully saturated rings. The summed E-state index contributed by atoms with van der Waals surface area (Å²) >= 11 is 0. The molecular weight excluding hydrogens is 324 g/mol. The number of esters is 1. The van der Waals surface area contributed by atoms with Gasteiger partial charge in [0.15, 0.2) is 0 Å². The van der Waals surface area contributed by atoms with Crippen LogP contribution in [0, 0.1) is 25.7 Å². The van der Waals surface area contributed by atoms with Crippen molar-refractivity contribution in [2.45, 2.75) is 84.3 Å². The fourth-order valence-electron chi connectivity index (χ4n) is 4.95. The highest BCUT2D eigenvalue weighted by atomic mass is 16.5. The summed E-state index contributed by atoms with van der Waals surface area (Å²) in [5.74, 6) is 1.51. The zero-order chi connectivity index (χ0) is 18.5. The Morgan fingerprint density at radius 2 is 1.35 bits per heavy atom. The van der Waals surface area contributed by atoms with Crippen molar-refractivity contribution in [2.24, 2.45) is 11.8 Å². The van der Waals surface area contributed by atoms with E-state index in [9.17, 15) is 4.79 Å². The van der Waals surface area contributed by atoms with Crippen molar-refractivity contribution >= 4 is 5.97 Å². The van der Waals surface area contributed by atoms with Crippen molar-refractivity contribution in [3.05, 3.63) is 34.9 Å². The first-order valence-electron chi connectivity index (χ1n) is 10.5. The Morgan fingerprint density at radius 1 is 0.846 bits per heavy atom. The zero-order valence-corrected chi connectivity index (χ0v) is 16.6. The van der Waals surface area contributed by atoms with Gasteiger partial charge in [0.25, 0.3) is 0 Å². The minimum atomic E-state index is -0.155. The average Bonchev–Trinajstić information content (AvgIpc) is 2.62. The molecule has 0 heterocycles. The summed E-state index contributed by atoms with van der Waals surface area (Å²) < 4.78 is 11.6. The Morgan fingerprint density at radius 3 is 1.85 bits per heavy atom. The third kappa shape index (κ3) is 5.09. The first kappa shape index (κ1) is 19.4. The molecule has 0 aromatic heterocycles. The van der Waals surface area contributed by atoms with Crippen molar-refractivity contribution in [3.63, 3.8) is 0 Å². The van der Waals surface area contributed by atoms with Gasteiger partial charge < -0.3 is 9.47 Å². The van der Waals surface area contributed by atoms with Crippen LogP contribution < -0.4 is 0 Å². The Hall–Kier alpha value is -1.35. The number of aryl methyl sites for hydroxylation is 2. The third-order valence-corrected chi connectivity index (χ3v) is 6.24. The van der Waals surface area contributed by atoms with Crippen LogP contribution in [0.15, 0.2) is 18.2 Å². The number of hydrogen-bond donors (Lipinski definition) is 0. The topological polar surface area (TPSA) is 35.5 Å². The molecule has 3 nitrogen and oxygen atoms in total. The van der Waals surface area contributed by atoms with E-state index in [0.717, 1.165) is 42.4 Å². The molecule has 0 unspecified atom stereocenters. The van der Waals surface area contributed by atoms with Crippen LogP contribution in [0.2, 0.25) is 0 Å². The second kappa shape index (κ2) is 9.03. The van der Waals surface area contributed by atoms with E-state index in [0.29, 0.717) is 11.7 Å². The summed E-state index contributed by atoms with van der Waals surface area (Å²) in [6.45, 7) is 6.98. The van der Waals surface area contributed by atoms with Gasteiger partial charge in [-0.25, -0.2) is 4.79 Å². The lowest BCUT2D eigenvalue weighted by molar-refractivity contribution is -0.00197. The monoisotopic (exact) mass is 358 g/mol. The fraction of sp³-hybridized carbons (Fsp3) is 0.696. The highest BCUT2D eigenvalue weighted by molar-refractivity contribution is 5.90. The molecular formula is C23H34O3. The van der Waals surface area contributed by atoms with Gasteiger partial charge in [0, 0.05) is 6.61 Å². The lowest BCUT2D eigenvalue weighted by atomic mass is 9.72. The van der Waals surface area contributed by atoms with Gasteiger partial charge in [0.05, 0.1) is 11.7 Å². The van der Waals surface area contributed by atoms with E-state index in [1.54, 1.807) is 0 Å². The van der Waals surface area contributed by atoms with Crippen molar-refractivity contribution < 1.29 is 14.3 Å². The molecule has 144 valence electrons. The number of benzene rings is 1. The van der Waals surface area contributed by atoms with E-state index >= 15 is 0 Å². The maximum Gasteiger partial charge on any atom is 0.338 e. The maximum absolute atomic E-state index is 12.5. The van der Waals surface area contributed by atoms with Crippen LogP contribution in [0.25, 0.3) is 0 Å². The molecule has 3 rings (SSSR count). The van der Waals surface area contributed by atoms with Crippen LogP contribution in [0.5, 0.6) is 0 Å². The molecule has 0 radical (unpaired) electrons. The largest absolute Gasteiger partial charge is 0.459 e. The predicted molar refractivity (Wildman–Crippen MR) is 104 cm³/mol. The molecule has 2 saturated carbocycles. The summed E-state index contributed by atoms with van der Waals surface area (Å²) in [5, 5.41) is 0. The summed E-state index contributed by atoms with van der Waals surface area (Å²) in [6, 6.07) is 5.94. The summed E-state index contributed by atoms with van der Waals surface area (Å²) in [4.78, 5) is 12.5. The molecule has 1 aromatic rings. The minimum Gasteiger partial charge on any atom is -0.459 e. The predicted octanol–water partition coefficient (Wildman–Crippen LogP) is 5.61. The summed E-state index contributed by atoms with van der Waals surface area (Å²) in [5.41, 5.74) is 2.92. The van der Waals surface area contributed by atoms with E-state index in [1.807, 2.05) is 26.0 Å². The van der Waals surface area contributed by atoms with Crippen LogP contribution in [0.4, 0.5) is 0 Å². The highest BCUT2D eigenvalue weighted by Gasteiger charge is 2.32. The van der Waals surface area contributed by atoms with Crippen LogP contribution in [-0.4, -0.2) is 24.8 Å². The lowest BCUT2D eigenvalue weighted by Crippen LogP contribution is -2.31. The van der Waals surface area contributed by atoms with Crippen molar-refractivity contribution in [1.29, 1.82) is 0 Å². The molecule has 0 atom stereocenters. The number of hydrogen-bond acceptors (Lipinski definition) is 3. The fourth-order valence-corrected chi connectivity index (χ4v) is 4.95. The first-order chi connectivity index (χ1) is 12.5. The smallest absolute Gasteiger partial charge is 0.338 e. The van der Waals surface area contributed by atoms with Gasteiger partial charge in [0.2, 0.25) is 0 Å². The van der Waals surface area contributed by atoms with Crippen LogP contribution in [-0.2, 0) is 9.47 Å². The molecule has 0 amide bonds. The van der Waals surface area contributed by atoms with E-state index in [2.05, 4.69) is 13.0 Å². The van der Waals surface area contributed by atoms with Crippen LogP contribution >= 0.6 is 0 Å². The van der Waals surface area contributed by atoms with Crippen LogP contribution in [0.1, 0.15) is 79.8 Å². The van der Waals surface area contributed by atoms with E-state index in [1.165, 1.54) is 38.5 Å². The molecule has 2 aliphatic rings. The van der Waals surface area contributed by atoms with E-state index < -0.39 is 0 Å². The Balaban J connectivity index is 1.44. The van der Waals surface area contributed by atoms with Crippen LogP contribution in [0.3, 0.4) is 0 Å². The summed E-state index contributed by atoms with van der Waals surface area (Å²) in [6.07, 6.45) is 10.1. The Bertz CT molecular complexity index is 573. The standard InChI is InChI=1S/C23H34O3/c1-4-25-21-9-5-18(6-10-21)19-7-11-22(12-8-19)26-23(24)20-14-16(2)13-17(3)15-20/h13-15,18-19,21-22H,4-12H2,1-3H3. The van der Waals surface area contributed by atoms with E-state index in [-0.39, 0.29) is 12.1 Å². The average molecular weight is 359 g/mol. The molecule has 0 N–H and O–H groups in total. The molecule has 3 heteroatoms. The summed E-state index contributed by atoms with van der Waals surface area (Å²) in [7, 11) is 0. The van der Waals surface area contributed by atoms with Gasteiger partial charge in [0.1, 0.15) is 6.10 Å². The normalized spacial score (nSPS) is 29.3. The van der Waals surface area contributed by atoms with Gasteiger partial charge in [-0.2, -0.15) is 0 Å². The molecule has 0 bridgehead atoms. The number of rotatable bonds is 5. The van der Waals surface area contributed by atoms with Gasteiger partial charge in [-0.3, -0.25) is 0 Å². The molecule has 0 aliphatic heterocycles. The SMILES string of the molecule is CCOC1CCC(C2CCC(OC(=O)c3cc(C)cc(C)c3)CC2)CC1. The number of carbonyl (C=O) groups excluding carboxylic acids is 1. The highest BCUT2D eigenvalue weighted by Crippen LogP contribution is 2.39. The quantitative estimate of drug-likeness (QED) is 0.641. The van der Waals surface area contributed by atoms with Gasteiger partial charge in [-0.15, -0.1) is 0 Å². The number of carbonyl (C=O) groups is 1. The van der Waals surface area contributed by atoms with Crippen molar-refractivity contribution in [2.75, 3.05) is 6.61 Å². The molecule has 0 spiro atoms. The third-order valence-electron chi connectivity index (χ3n) is 6.24. The molecule has 26 heavy (non-hydrogen) atoms. The second-order valence-electron chi connectivity index (χ2n) is 8.31. The maximum atomic E-state index is 12.5.